The molecule has 0 aliphatic carbocycles. The highest BCUT2D eigenvalue weighted by molar-refractivity contribution is 4.98. The molecule has 0 bridgehead atoms. The first-order valence-corrected chi connectivity index (χ1v) is 2.60. The van der Waals surface area contributed by atoms with E-state index in [2.05, 4.69) is 9.97 Å². The first kappa shape index (κ1) is 6.13. The fourth-order valence-electron chi connectivity index (χ4n) is 0.471. The Morgan fingerprint density at radius 2 is 2.00 bits per heavy atom. The van der Waals surface area contributed by atoms with Gasteiger partial charge in [-0.05, 0) is 0 Å². The van der Waals surface area contributed by atoms with Gasteiger partial charge in [0.1, 0.15) is 5.82 Å². The van der Waals surface area contributed by atoms with Crippen molar-refractivity contribution in [2.45, 2.75) is 6.92 Å². The third-order valence-corrected chi connectivity index (χ3v) is 0.899. The molecule has 0 atom stereocenters. The molecule has 1 aromatic heterocycles. The third-order valence-electron chi connectivity index (χ3n) is 0.899. The monoisotopic (exact) mass is 125 g/mol. The quantitative estimate of drug-likeness (QED) is 0.563. The van der Waals surface area contributed by atoms with Gasteiger partial charge in [-0.25, -0.2) is 14.4 Å². The van der Waals surface area contributed by atoms with Gasteiger partial charge in [0.05, 0.1) is 12.4 Å². The van der Waals surface area contributed by atoms with Crippen LogP contribution in [-0.4, -0.2) is 9.97 Å². The Kier molecular flexibility index (Phi) is 1.72. The van der Waals surface area contributed by atoms with E-state index in [9.17, 15) is 4.39 Å². The second kappa shape index (κ2) is 2.53. The lowest BCUT2D eigenvalue weighted by Crippen LogP contribution is -1.89. The second-order valence-corrected chi connectivity index (χ2v) is 1.55. The Labute approximate surface area is 52.8 Å². The van der Waals surface area contributed by atoms with Gasteiger partial charge in [0, 0.05) is 6.42 Å². The molecular weight excluding hydrogens is 119 g/mol. The van der Waals surface area contributed by atoms with Crippen molar-refractivity contribution in [2.24, 2.45) is 0 Å². The molecule has 0 aliphatic heterocycles. The predicted octanol–water partition coefficient (Wildman–Crippen LogP) is 1.19. The molecule has 0 amide bonds. The highest BCUT2D eigenvalue weighted by Crippen LogP contribution is 1.93. The van der Waals surface area contributed by atoms with E-state index >= 15 is 0 Å². The summed E-state index contributed by atoms with van der Waals surface area (Å²) in [4.78, 5) is 7.31. The first-order valence-electron chi connectivity index (χ1n) is 2.60. The molecule has 1 rings (SSSR count). The van der Waals surface area contributed by atoms with Crippen molar-refractivity contribution in [3.8, 4) is 0 Å². The highest BCUT2D eigenvalue weighted by Gasteiger charge is 1.91. The molecule has 0 spiro atoms. The number of rotatable bonds is 1. The highest BCUT2D eigenvalue weighted by atomic mass is 19.1. The van der Waals surface area contributed by atoms with Crippen LogP contribution in [0.3, 0.4) is 0 Å². The van der Waals surface area contributed by atoms with Crippen LogP contribution in [0, 0.1) is 12.2 Å². The van der Waals surface area contributed by atoms with Crippen LogP contribution in [0.4, 0.5) is 4.39 Å². The summed E-state index contributed by atoms with van der Waals surface area (Å²) in [6.45, 7) is 1.80. The van der Waals surface area contributed by atoms with Crippen LogP contribution >= 0.6 is 0 Å². The maximum atomic E-state index is 12.1. The van der Waals surface area contributed by atoms with Crippen LogP contribution in [0.1, 0.15) is 12.7 Å². The number of aromatic nitrogens is 2. The molecule has 0 saturated carbocycles. The number of hydrogen-bond acceptors (Lipinski definition) is 2. The fourth-order valence-corrected chi connectivity index (χ4v) is 0.471. The molecule has 0 fully saturated rings. The van der Waals surface area contributed by atoms with Crippen molar-refractivity contribution in [3.05, 3.63) is 30.5 Å². The van der Waals surface area contributed by atoms with Crippen LogP contribution in [0.25, 0.3) is 0 Å². The van der Waals surface area contributed by atoms with Crippen LogP contribution < -0.4 is 0 Å². The van der Waals surface area contributed by atoms with Crippen LogP contribution in [0.5, 0.6) is 0 Å². The van der Waals surface area contributed by atoms with Crippen LogP contribution in [-0.2, 0) is 0 Å². The Morgan fingerprint density at radius 1 is 1.44 bits per heavy atom. The summed E-state index contributed by atoms with van der Waals surface area (Å²) < 4.78 is 12.1. The Morgan fingerprint density at radius 3 is 2.44 bits per heavy atom. The molecule has 3 heteroatoms. The summed E-state index contributed by atoms with van der Waals surface area (Å²) in [5.74, 6) is 0.150. The van der Waals surface area contributed by atoms with Crippen LogP contribution in [0.2, 0.25) is 0 Å². The summed E-state index contributed by atoms with van der Waals surface area (Å²) in [7, 11) is 0. The summed E-state index contributed by atoms with van der Waals surface area (Å²) in [6.07, 6.45) is 3.99. The Bertz CT molecular complexity index is 183. The number of hydrogen-bond donors (Lipinski definition) is 0. The minimum atomic E-state index is -0.402. The normalized spacial score (nSPS) is 9.56. The molecular formula is C6H6FN2. The smallest absolute Gasteiger partial charge is 0.159 e. The molecule has 2 nitrogen and oxygen atoms in total. The van der Waals surface area contributed by atoms with Crippen molar-refractivity contribution in [3.63, 3.8) is 0 Å². The molecule has 47 valence electrons. The van der Waals surface area contributed by atoms with E-state index < -0.39 is 5.82 Å². The van der Waals surface area contributed by atoms with Gasteiger partial charge in [0.15, 0.2) is 5.82 Å². The predicted molar refractivity (Wildman–Crippen MR) is 31.1 cm³/mol. The summed E-state index contributed by atoms with van der Waals surface area (Å²) in [5.41, 5.74) is 0. The zero-order valence-corrected chi connectivity index (χ0v) is 5.00. The summed E-state index contributed by atoms with van der Waals surface area (Å²) in [5, 5.41) is 0. The molecule has 0 saturated heterocycles. The van der Waals surface area contributed by atoms with Gasteiger partial charge in [-0.3, -0.25) is 0 Å². The van der Waals surface area contributed by atoms with Gasteiger partial charge in [0.2, 0.25) is 0 Å². The standard InChI is InChI=1S/C6H6FN2/c1-2-6-8-3-5(7)4-9-6/h2-4H,1H3. The van der Waals surface area contributed by atoms with E-state index in [0.29, 0.717) is 5.82 Å². The lowest BCUT2D eigenvalue weighted by Gasteiger charge is -1.89. The number of nitrogens with zero attached hydrogens (tertiary/aromatic N) is 2. The summed E-state index contributed by atoms with van der Waals surface area (Å²) >= 11 is 0. The molecule has 1 radical (unpaired) electrons. The zero-order chi connectivity index (χ0) is 6.69. The van der Waals surface area contributed by atoms with Crippen molar-refractivity contribution in [1.82, 2.24) is 9.97 Å². The van der Waals surface area contributed by atoms with E-state index in [1.54, 1.807) is 13.3 Å². The largest absolute Gasteiger partial charge is 0.238 e. The molecule has 1 heterocycles. The maximum Gasteiger partial charge on any atom is 0.159 e. The van der Waals surface area contributed by atoms with E-state index in [0.717, 1.165) is 12.4 Å². The lowest BCUT2D eigenvalue weighted by molar-refractivity contribution is 0.611. The minimum Gasteiger partial charge on any atom is -0.238 e. The molecule has 0 unspecified atom stereocenters. The van der Waals surface area contributed by atoms with Gasteiger partial charge in [-0.2, -0.15) is 0 Å². The van der Waals surface area contributed by atoms with Crippen molar-refractivity contribution >= 4 is 0 Å². The van der Waals surface area contributed by atoms with Crippen molar-refractivity contribution < 1.29 is 4.39 Å². The zero-order valence-electron chi connectivity index (χ0n) is 5.00. The van der Waals surface area contributed by atoms with E-state index in [-0.39, 0.29) is 0 Å². The SMILES string of the molecule is C[CH]c1ncc(F)cn1. The topological polar surface area (TPSA) is 25.8 Å². The Hall–Kier alpha value is -0.990. The molecule has 9 heavy (non-hydrogen) atoms. The van der Waals surface area contributed by atoms with E-state index in [4.69, 9.17) is 0 Å². The maximum absolute atomic E-state index is 12.1. The Balaban J connectivity index is 2.88. The van der Waals surface area contributed by atoms with Crippen molar-refractivity contribution in [2.75, 3.05) is 0 Å². The lowest BCUT2D eigenvalue weighted by atomic mass is 10.4. The van der Waals surface area contributed by atoms with Gasteiger partial charge < -0.3 is 0 Å². The van der Waals surface area contributed by atoms with Crippen LogP contribution in [0.15, 0.2) is 12.4 Å². The molecule has 1 aromatic rings. The third kappa shape index (κ3) is 1.45. The second-order valence-electron chi connectivity index (χ2n) is 1.55. The summed E-state index contributed by atoms with van der Waals surface area (Å²) in [6, 6.07) is 0. The average Bonchev–Trinajstić information content (AvgIpc) is 1.90. The van der Waals surface area contributed by atoms with Gasteiger partial charge in [-0.1, -0.05) is 6.92 Å². The fraction of sp³-hybridized carbons (Fsp3) is 0.167. The minimum absolute atomic E-state index is 0.402. The van der Waals surface area contributed by atoms with Gasteiger partial charge >= 0.3 is 0 Å². The molecule has 0 aliphatic rings. The van der Waals surface area contributed by atoms with Gasteiger partial charge in [-0.15, -0.1) is 0 Å². The molecule has 0 aromatic carbocycles. The van der Waals surface area contributed by atoms with E-state index in [1.807, 2.05) is 0 Å². The van der Waals surface area contributed by atoms with Crippen molar-refractivity contribution in [1.29, 1.82) is 0 Å². The first-order chi connectivity index (χ1) is 4.33. The van der Waals surface area contributed by atoms with E-state index in [1.165, 1.54) is 0 Å². The molecule has 0 N–H and O–H groups in total. The average molecular weight is 125 g/mol. The number of halogens is 1. The van der Waals surface area contributed by atoms with Gasteiger partial charge in [0.25, 0.3) is 0 Å².